The minimum Gasteiger partial charge on any atom is -0.465 e. The lowest BCUT2D eigenvalue weighted by atomic mass is 9.89. The number of rotatable bonds is 7. The highest BCUT2D eigenvalue weighted by molar-refractivity contribution is 7.20. The first-order chi connectivity index (χ1) is 20.4. The number of fused-ring (bicyclic) bond motifs is 4. The van der Waals surface area contributed by atoms with E-state index in [1.165, 1.54) is 24.0 Å². The van der Waals surface area contributed by atoms with E-state index in [-0.39, 0.29) is 6.42 Å². The predicted molar refractivity (Wildman–Crippen MR) is 163 cm³/mol. The number of methoxy groups -OCH3 is 1. The molecule has 0 bridgehead atoms. The molecular formula is C33H29N3O5S. The van der Waals surface area contributed by atoms with Gasteiger partial charge in [0.15, 0.2) is 6.10 Å². The van der Waals surface area contributed by atoms with Crippen LogP contribution >= 0.6 is 11.3 Å². The van der Waals surface area contributed by atoms with Crippen LogP contribution in [-0.4, -0.2) is 41.0 Å². The summed E-state index contributed by atoms with van der Waals surface area (Å²) in [6.45, 7) is 3.79. The summed E-state index contributed by atoms with van der Waals surface area (Å²) in [5, 5.41) is 3.26. The fraction of sp³-hybridized carbons (Fsp3) is 0.212. The fourth-order valence-electron chi connectivity index (χ4n) is 5.24. The topological polar surface area (TPSA) is 110 Å². The van der Waals surface area contributed by atoms with Gasteiger partial charge in [0.25, 0.3) is 5.91 Å². The zero-order valence-electron chi connectivity index (χ0n) is 23.4. The van der Waals surface area contributed by atoms with E-state index in [0.717, 1.165) is 33.6 Å². The van der Waals surface area contributed by atoms with Crippen LogP contribution in [0.4, 0.5) is 5.00 Å². The van der Waals surface area contributed by atoms with Gasteiger partial charge < -0.3 is 19.8 Å². The maximum absolute atomic E-state index is 13.4. The Morgan fingerprint density at radius 1 is 1.02 bits per heavy atom. The van der Waals surface area contributed by atoms with Gasteiger partial charge in [-0.25, -0.2) is 14.6 Å². The van der Waals surface area contributed by atoms with Gasteiger partial charge in [-0.3, -0.25) is 4.79 Å². The van der Waals surface area contributed by atoms with Crippen molar-refractivity contribution in [1.82, 2.24) is 9.97 Å². The Kier molecular flexibility index (Phi) is 7.34. The third kappa shape index (κ3) is 5.07. The van der Waals surface area contributed by atoms with Gasteiger partial charge in [0, 0.05) is 10.4 Å². The zero-order chi connectivity index (χ0) is 29.4. The van der Waals surface area contributed by atoms with E-state index in [1.54, 1.807) is 25.1 Å². The number of aryl methyl sites for hydroxylation is 2. The molecule has 0 radical (unpaired) electrons. The van der Waals surface area contributed by atoms with Gasteiger partial charge in [0.05, 0.1) is 29.3 Å². The molecule has 1 atom stereocenters. The van der Waals surface area contributed by atoms with Crippen molar-refractivity contribution in [3.05, 3.63) is 94.5 Å². The number of hydrogen-bond donors (Lipinski definition) is 2. The highest BCUT2D eigenvalue weighted by Crippen LogP contribution is 2.45. The summed E-state index contributed by atoms with van der Waals surface area (Å²) in [5.41, 5.74) is 7.25. The largest absolute Gasteiger partial charge is 0.465 e. The number of thiophene rings is 1. The minimum atomic E-state index is -1.06. The molecule has 42 heavy (non-hydrogen) atoms. The van der Waals surface area contributed by atoms with Gasteiger partial charge in [-0.05, 0) is 61.1 Å². The van der Waals surface area contributed by atoms with Crippen LogP contribution < -0.4 is 5.32 Å². The Morgan fingerprint density at radius 3 is 2.57 bits per heavy atom. The highest BCUT2D eigenvalue weighted by Gasteiger charge is 2.31. The fourth-order valence-corrected chi connectivity index (χ4v) is 6.54. The quantitative estimate of drug-likeness (QED) is 0.207. The molecule has 2 N–H and O–H groups in total. The average Bonchev–Trinajstić information content (AvgIpc) is 3.60. The number of benzene rings is 3. The number of hydrogen-bond acceptors (Lipinski definition) is 7. The lowest BCUT2D eigenvalue weighted by Crippen LogP contribution is -2.32. The summed E-state index contributed by atoms with van der Waals surface area (Å²) >= 11 is 1.34. The van der Waals surface area contributed by atoms with E-state index >= 15 is 0 Å². The van der Waals surface area contributed by atoms with Crippen molar-refractivity contribution in [2.45, 2.75) is 39.2 Å². The third-order valence-corrected chi connectivity index (χ3v) is 8.68. The lowest BCUT2D eigenvalue weighted by Gasteiger charge is -2.17. The second-order valence-corrected chi connectivity index (χ2v) is 11.3. The molecule has 9 heteroatoms. The number of anilines is 1. The van der Waals surface area contributed by atoms with E-state index in [0.29, 0.717) is 39.4 Å². The number of aromatic nitrogens is 2. The van der Waals surface area contributed by atoms with Crippen molar-refractivity contribution in [2.75, 3.05) is 12.4 Å². The third-order valence-electron chi connectivity index (χ3n) is 7.49. The molecule has 5 aromatic rings. The van der Waals surface area contributed by atoms with E-state index < -0.39 is 23.9 Å². The Bertz CT molecular complexity index is 1840. The molecule has 2 aromatic heterocycles. The molecule has 1 amide bonds. The number of imidazole rings is 1. The molecule has 212 valence electrons. The molecule has 0 fully saturated rings. The highest BCUT2D eigenvalue weighted by atomic mass is 32.1. The van der Waals surface area contributed by atoms with Crippen LogP contribution in [0, 0.1) is 6.92 Å². The number of carbonyl (C=O) groups excluding carboxylic acids is 3. The van der Waals surface area contributed by atoms with Crippen LogP contribution in [0.3, 0.4) is 0 Å². The van der Waals surface area contributed by atoms with Crippen molar-refractivity contribution in [2.24, 2.45) is 0 Å². The Hall–Kier alpha value is -4.76. The first-order valence-electron chi connectivity index (χ1n) is 13.8. The summed E-state index contributed by atoms with van der Waals surface area (Å²) in [6, 6.07) is 21.1. The van der Waals surface area contributed by atoms with Crippen LogP contribution in [0.25, 0.3) is 32.9 Å². The normalized spacial score (nSPS) is 12.7. The average molecular weight is 580 g/mol. The summed E-state index contributed by atoms with van der Waals surface area (Å²) in [6.07, 6.45) is 0.648. The molecular weight excluding hydrogens is 550 g/mol. The second-order valence-electron chi connectivity index (χ2n) is 10.2. The monoisotopic (exact) mass is 579 g/mol. The van der Waals surface area contributed by atoms with Crippen LogP contribution in [0.1, 0.15) is 50.8 Å². The van der Waals surface area contributed by atoms with Crippen molar-refractivity contribution in [3.8, 4) is 21.8 Å². The van der Waals surface area contributed by atoms with Crippen molar-refractivity contribution < 1.29 is 23.9 Å². The Labute approximate surface area is 246 Å². The minimum absolute atomic E-state index is 0.253. The SMILES string of the molecule is CCC(OC(=O)c1ccc2nc(-c3ccc(C)cc3)[nH]c2c1)C(=O)Nc1sc2c(c1C(=O)OC)CCc1ccccc1-2. The van der Waals surface area contributed by atoms with Gasteiger partial charge in [-0.15, -0.1) is 11.3 Å². The molecule has 0 saturated carbocycles. The molecule has 1 aliphatic carbocycles. The molecule has 0 aliphatic heterocycles. The number of aromatic amines is 1. The molecule has 3 aromatic carbocycles. The maximum atomic E-state index is 13.4. The van der Waals surface area contributed by atoms with Gasteiger partial charge in [0.1, 0.15) is 10.8 Å². The first kappa shape index (κ1) is 27.4. The van der Waals surface area contributed by atoms with Crippen LogP contribution in [-0.2, 0) is 27.1 Å². The summed E-state index contributed by atoms with van der Waals surface area (Å²) in [4.78, 5) is 48.2. The van der Waals surface area contributed by atoms with E-state index in [9.17, 15) is 14.4 Å². The second kappa shape index (κ2) is 11.3. The molecule has 1 aliphatic rings. The first-order valence-corrected chi connectivity index (χ1v) is 14.6. The van der Waals surface area contributed by atoms with E-state index in [2.05, 4.69) is 21.4 Å². The smallest absolute Gasteiger partial charge is 0.341 e. The van der Waals surface area contributed by atoms with E-state index in [4.69, 9.17) is 9.47 Å². The van der Waals surface area contributed by atoms with Crippen molar-refractivity contribution >= 4 is 45.2 Å². The van der Waals surface area contributed by atoms with Crippen LogP contribution in [0.2, 0.25) is 0 Å². The molecule has 1 unspecified atom stereocenters. The Morgan fingerprint density at radius 2 is 1.81 bits per heavy atom. The Balaban J connectivity index is 1.22. The van der Waals surface area contributed by atoms with Crippen molar-refractivity contribution in [3.63, 3.8) is 0 Å². The number of nitrogens with one attached hydrogen (secondary N) is 2. The number of carbonyl (C=O) groups is 3. The molecule has 8 nitrogen and oxygen atoms in total. The number of esters is 2. The summed E-state index contributed by atoms with van der Waals surface area (Å²) < 4.78 is 10.7. The van der Waals surface area contributed by atoms with Gasteiger partial charge in [-0.2, -0.15) is 0 Å². The number of amides is 1. The maximum Gasteiger partial charge on any atom is 0.341 e. The molecule has 6 rings (SSSR count). The van der Waals surface area contributed by atoms with Crippen LogP contribution in [0.5, 0.6) is 0 Å². The number of nitrogens with zero attached hydrogens (tertiary/aromatic N) is 1. The van der Waals surface area contributed by atoms with Gasteiger partial charge in [-0.1, -0.05) is 61.0 Å². The standard InChI is InChI=1S/C33H29N3O5S/c1-4-26(41-32(38)21-14-16-24-25(17-21)35-29(34-24)20-11-9-18(2)10-12-20)30(37)36-31-27(33(39)40-3)23-15-13-19-7-5-6-8-22(19)28(23)42-31/h5-12,14,16-17,26H,4,13,15H2,1-3H3,(H,34,35)(H,36,37). The molecule has 0 saturated heterocycles. The number of H-pyrrole nitrogens is 1. The summed E-state index contributed by atoms with van der Waals surface area (Å²) in [7, 11) is 1.33. The van der Waals surface area contributed by atoms with Gasteiger partial charge in [0.2, 0.25) is 0 Å². The van der Waals surface area contributed by atoms with Gasteiger partial charge >= 0.3 is 11.9 Å². The zero-order valence-corrected chi connectivity index (χ0v) is 24.3. The number of ether oxygens (including phenoxy) is 2. The van der Waals surface area contributed by atoms with Crippen LogP contribution in [0.15, 0.2) is 66.7 Å². The lowest BCUT2D eigenvalue weighted by molar-refractivity contribution is -0.124. The predicted octanol–water partition coefficient (Wildman–Crippen LogP) is 6.73. The van der Waals surface area contributed by atoms with Crippen molar-refractivity contribution in [1.29, 1.82) is 0 Å². The van der Waals surface area contributed by atoms with E-state index in [1.807, 2.05) is 49.4 Å². The summed E-state index contributed by atoms with van der Waals surface area (Å²) in [5.74, 6) is -0.945. The molecule has 2 heterocycles. The molecule has 0 spiro atoms.